The van der Waals surface area contributed by atoms with Crippen molar-refractivity contribution in [3.05, 3.63) is 0 Å². The number of hydrogen-bond acceptors (Lipinski definition) is 3. The molecular weight excluding hydrogens is 168 g/mol. The zero-order chi connectivity index (χ0) is 7.98. The number of nitrogens with one attached hydrogen (secondary N) is 1. The van der Waals surface area contributed by atoms with Crippen molar-refractivity contribution in [1.29, 1.82) is 0 Å². The zero-order valence-electron chi connectivity index (χ0n) is 5.72. The van der Waals surface area contributed by atoms with E-state index in [0.29, 0.717) is 18.1 Å². The van der Waals surface area contributed by atoms with E-state index in [0.717, 1.165) is 0 Å². The topological polar surface area (TPSA) is 47.3 Å². The quantitative estimate of drug-likeness (QED) is 0.464. The van der Waals surface area contributed by atoms with Crippen LogP contribution in [0.15, 0.2) is 0 Å². The molecule has 0 saturated heterocycles. The van der Waals surface area contributed by atoms with Gasteiger partial charge >= 0.3 is 0 Å². The largest absolute Gasteiger partial charge is 0.388 e. The van der Waals surface area contributed by atoms with E-state index in [1.54, 1.807) is 7.11 Å². The van der Waals surface area contributed by atoms with E-state index in [4.69, 9.17) is 22.7 Å². The molecule has 0 aliphatic heterocycles. The smallest absolute Gasteiger partial charge is 0.133 e. The van der Waals surface area contributed by atoms with Crippen LogP contribution in [0.25, 0.3) is 0 Å². The number of thiocarbonyl (C=S) groups is 2. The van der Waals surface area contributed by atoms with Gasteiger partial charge in [-0.1, -0.05) is 24.4 Å². The Bertz CT molecular complexity index is 138. The Labute approximate surface area is 70.9 Å². The summed E-state index contributed by atoms with van der Waals surface area (Å²) in [6.45, 7) is 1.25. The lowest BCUT2D eigenvalue weighted by Crippen LogP contribution is -2.34. The van der Waals surface area contributed by atoms with Crippen LogP contribution in [0.4, 0.5) is 0 Å². The summed E-state index contributed by atoms with van der Waals surface area (Å²) in [5.41, 5.74) is 5.21. The Morgan fingerprint density at radius 1 is 1.60 bits per heavy atom. The molecule has 0 spiro atoms. The van der Waals surface area contributed by atoms with Crippen molar-refractivity contribution < 1.29 is 4.74 Å². The normalized spacial score (nSPS) is 8.90. The molecular formula is C5H10N2OS2. The minimum absolute atomic E-state index is 0.228. The van der Waals surface area contributed by atoms with Gasteiger partial charge in [-0.3, -0.25) is 0 Å². The number of ether oxygens (including phenoxy) is 1. The molecule has 0 aliphatic rings. The van der Waals surface area contributed by atoms with Gasteiger partial charge < -0.3 is 15.8 Å². The fourth-order valence-corrected chi connectivity index (χ4v) is 0.528. The monoisotopic (exact) mass is 178 g/mol. The van der Waals surface area contributed by atoms with Gasteiger partial charge in [0.1, 0.15) is 9.98 Å². The van der Waals surface area contributed by atoms with Crippen LogP contribution in [-0.4, -0.2) is 30.2 Å². The van der Waals surface area contributed by atoms with Crippen LogP contribution in [0.1, 0.15) is 0 Å². The first kappa shape index (κ1) is 9.74. The summed E-state index contributed by atoms with van der Waals surface area (Å²) in [5, 5.41) is 2.82. The van der Waals surface area contributed by atoms with Gasteiger partial charge in [-0.05, 0) is 0 Å². The van der Waals surface area contributed by atoms with E-state index in [-0.39, 0.29) is 4.99 Å². The molecule has 3 nitrogen and oxygen atoms in total. The lowest BCUT2D eigenvalue weighted by atomic mass is 10.6. The second-order valence-corrected chi connectivity index (χ2v) is 2.46. The van der Waals surface area contributed by atoms with Gasteiger partial charge in [0.25, 0.3) is 0 Å². The highest BCUT2D eigenvalue weighted by Crippen LogP contribution is 1.73. The van der Waals surface area contributed by atoms with Gasteiger partial charge in [0.15, 0.2) is 0 Å². The van der Waals surface area contributed by atoms with Gasteiger partial charge in [-0.25, -0.2) is 0 Å². The molecule has 58 valence electrons. The van der Waals surface area contributed by atoms with Crippen molar-refractivity contribution in [3.63, 3.8) is 0 Å². The molecule has 0 fully saturated rings. The summed E-state index contributed by atoms with van der Waals surface area (Å²) < 4.78 is 4.77. The predicted octanol–water partition coefficient (Wildman–Crippen LogP) is -0.164. The number of methoxy groups -OCH3 is 1. The average Bonchev–Trinajstić information content (AvgIpc) is 1.88. The molecule has 3 N–H and O–H groups in total. The van der Waals surface area contributed by atoms with Gasteiger partial charge in [0, 0.05) is 13.7 Å². The summed E-state index contributed by atoms with van der Waals surface area (Å²) in [6, 6.07) is 0. The van der Waals surface area contributed by atoms with E-state index in [2.05, 4.69) is 17.5 Å². The zero-order valence-corrected chi connectivity index (χ0v) is 7.35. The van der Waals surface area contributed by atoms with E-state index >= 15 is 0 Å². The molecule has 0 aliphatic carbocycles. The fraction of sp³-hybridized carbons (Fsp3) is 0.600. The maximum atomic E-state index is 5.21. The lowest BCUT2D eigenvalue weighted by molar-refractivity contribution is 0.204. The van der Waals surface area contributed by atoms with Crippen LogP contribution >= 0.6 is 24.4 Å². The molecule has 0 aromatic heterocycles. The van der Waals surface area contributed by atoms with Crippen molar-refractivity contribution >= 4 is 34.4 Å². The maximum Gasteiger partial charge on any atom is 0.133 e. The first-order valence-electron chi connectivity index (χ1n) is 2.75. The van der Waals surface area contributed by atoms with Crippen molar-refractivity contribution in [2.45, 2.75) is 0 Å². The Morgan fingerprint density at radius 2 is 2.20 bits per heavy atom. The first-order chi connectivity index (χ1) is 4.68. The van der Waals surface area contributed by atoms with Crippen LogP contribution < -0.4 is 11.1 Å². The van der Waals surface area contributed by atoms with Gasteiger partial charge in [0.05, 0.1) is 6.61 Å². The second kappa shape index (κ2) is 5.52. The number of nitrogens with two attached hydrogens (primary N) is 1. The van der Waals surface area contributed by atoms with E-state index in [9.17, 15) is 0 Å². The molecule has 0 saturated carbocycles. The molecule has 0 unspecified atom stereocenters. The third-order valence-electron chi connectivity index (χ3n) is 0.816. The number of rotatable bonds is 3. The molecule has 0 atom stereocenters. The number of hydrogen-bond donors (Lipinski definition) is 2. The van der Waals surface area contributed by atoms with Crippen LogP contribution in [0.3, 0.4) is 0 Å². The van der Waals surface area contributed by atoms with Gasteiger partial charge in [0.2, 0.25) is 0 Å². The second-order valence-electron chi connectivity index (χ2n) is 1.61. The molecule has 0 radical (unpaired) electrons. The highest BCUT2D eigenvalue weighted by atomic mass is 32.1. The van der Waals surface area contributed by atoms with E-state index in [1.807, 2.05) is 0 Å². The highest BCUT2D eigenvalue weighted by Gasteiger charge is 1.95. The maximum absolute atomic E-state index is 5.21. The standard InChI is InChI=1S/C5H10N2OS2/c1-8-3-2-7-5(10)4(6)9/h2-3H2,1H3,(H2,6,9)(H,7,10). The van der Waals surface area contributed by atoms with Crippen LogP contribution in [0, 0.1) is 0 Å². The summed E-state index contributed by atoms with van der Waals surface area (Å²) in [5.74, 6) is 0. The van der Waals surface area contributed by atoms with Gasteiger partial charge in [-0.2, -0.15) is 0 Å². The van der Waals surface area contributed by atoms with E-state index < -0.39 is 0 Å². The Balaban J connectivity index is 3.31. The van der Waals surface area contributed by atoms with Crippen molar-refractivity contribution in [2.75, 3.05) is 20.3 Å². The lowest BCUT2D eigenvalue weighted by Gasteiger charge is -2.03. The van der Waals surface area contributed by atoms with Crippen molar-refractivity contribution in [1.82, 2.24) is 5.32 Å². The third-order valence-corrected chi connectivity index (χ3v) is 1.51. The molecule has 0 aromatic rings. The molecule has 0 bridgehead atoms. The Morgan fingerprint density at radius 3 is 2.60 bits per heavy atom. The summed E-state index contributed by atoms with van der Waals surface area (Å²) >= 11 is 9.36. The molecule has 0 aromatic carbocycles. The SMILES string of the molecule is COCCNC(=S)C(N)=S. The molecule has 0 heterocycles. The molecule has 0 amide bonds. The third kappa shape index (κ3) is 4.60. The first-order valence-corrected chi connectivity index (χ1v) is 3.56. The van der Waals surface area contributed by atoms with Crippen LogP contribution in [0.5, 0.6) is 0 Å². The van der Waals surface area contributed by atoms with Crippen LogP contribution in [-0.2, 0) is 4.74 Å². The van der Waals surface area contributed by atoms with Gasteiger partial charge in [-0.15, -0.1) is 0 Å². The highest BCUT2D eigenvalue weighted by molar-refractivity contribution is 7.89. The molecule has 10 heavy (non-hydrogen) atoms. The summed E-state index contributed by atoms with van der Waals surface area (Å²) in [7, 11) is 1.62. The minimum atomic E-state index is 0.228. The average molecular weight is 178 g/mol. The molecule has 0 rings (SSSR count). The minimum Gasteiger partial charge on any atom is -0.388 e. The Hall–Kier alpha value is -0.260. The fourth-order valence-electron chi connectivity index (χ4n) is 0.354. The summed E-state index contributed by atoms with van der Waals surface area (Å²) in [4.78, 5) is 0.651. The van der Waals surface area contributed by atoms with Crippen LogP contribution in [0.2, 0.25) is 0 Å². The molecule has 5 heteroatoms. The van der Waals surface area contributed by atoms with Crippen molar-refractivity contribution in [3.8, 4) is 0 Å². The van der Waals surface area contributed by atoms with Crippen molar-refractivity contribution in [2.24, 2.45) is 5.73 Å². The Kier molecular flexibility index (Phi) is 5.38. The predicted molar refractivity (Wildman–Crippen MR) is 49.3 cm³/mol. The van der Waals surface area contributed by atoms with E-state index in [1.165, 1.54) is 0 Å². The summed E-state index contributed by atoms with van der Waals surface area (Å²) in [6.07, 6.45) is 0.